The molecule has 2 aromatic heterocycles. The maximum Gasteiger partial charge on any atom is 0.153 e. The molecule has 0 spiro atoms. The predicted octanol–water partition coefficient (Wildman–Crippen LogP) is 2.72. The van der Waals surface area contributed by atoms with E-state index < -0.39 is 0 Å². The topological polar surface area (TPSA) is 32.3 Å². The van der Waals surface area contributed by atoms with Crippen LogP contribution in [-0.4, -0.2) is 23.2 Å². The van der Waals surface area contributed by atoms with Gasteiger partial charge in [-0.3, -0.25) is 4.98 Å². The molecule has 2 aromatic rings. The molecule has 0 radical (unpaired) electrons. The summed E-state index contributed by atoms with van der Waals surface area (Å²) in [5, 5.41) is 0. The van der Waals surface area contributed by atoms with Gasteiger partial charge in [0.25, 0.3) is 0 Å². The number of anilines is 3. The zero-order valence-electron chi connectivity index (χ0n) is 10.8. The summed E-state index contributed by atoms with van der Waals surface area (Å²) in [4.78, 5) is 13.3. The summed E-state index contributed by atoms with van der Waals surface area (Å²) in [7, 11) is 2.07. The van der Waals surface area contributed by atoms with Crippen LogP contribution in [-0.2, 0) is 0 Å². The second-order valence-corrected chi connectivity index (χ2v) is 4.57. The molecule has 3 heterocycles. The maximum atomic E-state index is 4.46. The molecule has 0 bridgehead atoms. The quantitative estimate of drug-likeness (QED) is 0.767. The molecular weight excluding hydrogens is 224 g/mol. The van der Waals surface area contributed by atoms with Crippen LogP contribution < -0.4 is 9.80 Å². The molecule has 3 rings (SSSR count). The van der Waals surface area contributed by atoms with E-state index in [1.807, 2.05) is 31.5 Å². The summed E-state index contributed by atoms with van der Waals surface area (Å²) >= 11 is 0. The van der Waals surface area contributed by atoms with Gasteiger partial charge >= 0.3 is 0 Å². The summed E-state index contributed by atoms with van der Waals surface area (Å²) in [5.41, 5.74) is 3.32. The average molecular weight is 240 g/mol. The molecule has 92 valence electrons. The zero-order valence-corrected chi connectivity index (χ0v) is 10.8. The molecule has 0 aliphatic carbocycles. The highest BCUT2D eigenvalue weighted by Crippen LogP contribution is 2.41. The van der Waals surface area contributed by atoms with Crippen molar-refractivity contribution in [3.05, 3.63) is 42.4 Å². The molecule has 4 nitrogen and oxygen atoms in total. The average Bonchev–Trinajstić information content (AvgIpc) is 2.64. The van der Waals surface area contributed by atoms with Crippen molar-refractivity contribution in [2.24, 2.45) is 0 Å². The summed E-state index contributed by atoms with van der Waals surface area (Å²) in [6.45, 7) is 4.21. The standard InChI is InChI=1S/C14H16N4/c1-10-12(6-4-8-15-10)18-11(2)17(3)14-13(18)7-5-9-16-14/h4-9,11H,1-3H3. The Bertz CT molecular complexity index is 582. The molecule has 0 N–H and O–H groups in total. The summed E-state index contributed by atoms with van der Waals surface area (Å²) in [6, 6.07) is 8.16. The third-order valence-corrected chi connectivity index (χ3v) is 3.53. The molecule has 0 amide bonds. The summed E-state index contributed by atoms with van der Waals surface area (Å²) < 4.78 is 0. The second kappa shape index (κ2) is 3.98. The Hall–Kier alpha value is -2.10. The van der Waals surface area contributed by atoms with Crippen molar-refractivity contribution in [1.29, 1.82) is 0 Å². The minimum Gasteiger partial charge on any atom is -0.337 e. The van der Waals surface area contributed by atoms with Gasteiger partial charge in [-0.05, 0) is 38.1 Å². The van der Waals surface area contributed by atoms with E-state index in [0.717, 1.165) is 22.9 Å². The Labute approximate surface area is 107 Å². The van der Waals surface area contributed by atoms with Crippen molar-refractivity contribution in [2.45, 2.75) is 20.0 Å². The van der Waals surface area contributed by atoms with Crippen LogP contribution >= 0.6 is 0 Å². The van der Waals surface area contributed by atoms with Crippen molar-refractivity contribution in [3.63, 3.8) is 0 Å². The van der Waals surface area contributed by atoms with Gasteiger partial charge in [0, 0.05) is 19.4 Å². The van der Waals surface area contributed by atoms with Crippen molar-refractivity contribution < 1.29 is 0 Å². The predicted molar refractivity (Wildman–Crippen MR) is 73.2 cm³/mol. The van der Waals surface area contributed by atoms with Crippen LogP contribution in [0, 0.1) is 6.92 Å². The van der Waals surface area contributed by atoms with Crippen molar-refractivity contribution in [3.8, 4) is 0 Å². The van der Waals surface area contributed by atoms with Gasteiger partial charge in [-0.15, -0.1) is 0 Å². The SMILES string of the molecule is Cc1ncccc1N1c2cccnc2N(C)C1C. The van der Waals surface area contributed by atoms with Crippen LogP contribution in [0.25, 0.3) is 0 Å². The van der Waals surface area contributed by atoms with Crippen LogP contribution in [0.5, 0.6) is 0 Å². The van der Waals surface area contributed by atoms with Gasteiger partial charge in [-0.1, -0.05) is 0 Å². The Morgan fingerprint density at radius 2 is 1.72 bits per heavy atom. The molecule has 0 fully saturated rings. The van der Waals surface area contributed by atoms with Crippen LogP contribution in [0.4, 0.5) is 17.2 Å². The van der Waals surface area contributed by atoms with E-state index in [2.05, 4.69) is 45.9 Å². The van der Waals surface area contributed by atoms with Crippen LogP contribution in [0.15, 0.2) is 36.7 Å². The Morgan fingerprint density at radius 3 is 2.44 bits per heavy atom. The molecule has 1 aliphatic heterocycles. The lowest BCUT2D eigenvalue weighted by Crippen LogP contribution is -2.36. The van der Waals surface area contributed by atoms with Gasteiger partial charge in [-0.25, -0.2) is 4.98 Å². The van der Waals surface area contributed by atoms with Crippen molar-refractivity contribution in [1.82, 2.24) is 9.97 Å². The second-order valence-electron chi connectivity index (χ2n) is 4.57. The number of hydrogen-bond donors (Lipinski definition) is 0. The van der Waals surface area contributed by atoms with Gasteiger partial charge in [0.2, 0.25) is 0 Å². The fourth-order valence-electron chi connectivity index (χ4n) is 2.46. The highest BCUT2D eigenvalue weighted by molar-refractivity contribution is 5.81. The molecule has 0 saturated heterocycles. The monoisotopic (exact) mass is 240 g/mol. The molecule has 18 heavy (non-hydrogen) atoms. The van der Waals surface area contributed by atoms with E-state index in [1.54, 1.807) is 0 Å². The van der Waals surface area contributed by atoms with Crippen molar-refractivity contribution >= 4 is 17.2 Å². The van der Waals surface area contributed by atoms with Crippen LogP contribution in [0.1, 0.15) is 12.6 Å². The Balaban J connectivity index is 2.16. The van der Waals surface area contributed by atoms with Crippen molar-refractivity contribution in [2.75, 3.05) is 16.8 Å². The van der Waals surface area contributed by atoms with E-state index in [4.69, 9.17) is 0 Å². The highest BCUT2D eigenvalue weighted by Gasteiger charge is 2.33. The number of hydrogen-bond acceptors (Lipinski definition) is 4. The van der Waals surface area contributed by atoms with Crippen LogP contribution in [0.2, 0.25) is 0 Å². The van der Waals surface area contributed by atoms with Gasteiger partial charge in [0.15, 0.2) is 5.82 Å². The lowest BCUT2D eigenvalue weighted by Gasteiger charge is -2.28. The first kappa shape index (κ1) is 11.0. The number of fused-ring (bicyclic) bond motifs is 1. The Kier molecular flexibility index (Phi) is 2.44. The third kappa shape index (κ3) is 1.45. The van der Waals surface area contributed by atoms with E-state index in [-0.39, 0.29) is 6.17 Å². The molecule has 1 unspecified atom stereocenters. The minimum atomic E-state index is 0.248. The highest BCUT2D eigenvalue weighted by atomic mass is 15.4. The first-order valence-corrected chi connectivity index (χ1v) is 6.09. The van der Waals surface area contributed by atoms with Crippen LogP contribution in [0.3, 0.4) is 0 Å². The number of aryl methyl sites for hydroxylation is 1. The molecule has 0 aromatic carbocycles. The van der Waals surface area contributed by atoms with E-state index in [1.165, 1.54) is 0 Å². The molecule has 1 aliphatic rings. The zero-order chi connectivity index (χ0) is 12.7. The molecule has 4 heteroatoms. The smallest absolute Gasteiger partial charge is 0.153 e. The largest absolute Gasteiger partial charge is 0.337 e. The third-order valence-electron chi connectivity index (χ3n) is 3.53. The lowest BCUT2D eigenvalue weighted by atomic mass is 10.2. The van der Waals surface area contributed by atoms with E-state index in [0.29, 0.717) is 0 Å². The molecule has 1 atom stereocenters. The summed E-state index contributed by atoms with van der Waals surface area (Å²) in [6.07, 6.45) is 3.91. The van der Waals surface area contributed by atoms with Gasteiger partial charge in [0.05, 0.1) is 17.1 Å². The van der Waals surface area contributed by atoms with Gasteiger partial charge < -0.3 is 9.80 Å². The fraction of sp³-hybridized carbons (Fsp3) is 0.286. The first-order chi connectivity index (χ1) is 8.70. The van der Waals surface area contributed by atoms with Gasteiger partial charge in [-0.2, -0.15) is 0 Å². The molecular formula is C14H16N4. The molecule has 0 saturated carbocycles. The minimum absolute atomic E-state index is 0.248. The van der Waals surface area contributed by atoms with E-state index in [9.17, 15) is 0 Å². The van der Waals surface area contributed by atoms with Gasteiger partial charge in [0.1, 0.15) is 6.17 Å². The number of aromatic nitrogens is 2. The maximum absolute atomic E-state index is 4.46. The van der Waals surface area contributed by atoms with E-state index >= 15 is 0 Å². The normalized spacial score (nSPS) is 18.1. The lowest BCUT2D eigenvalue weighted by molar-refractivity contribution is 0.726. The summed E-state index contributed by atoms with van der Waals surface area (Å²) in [5.74, 6) is 1.02. The Morgan fingerprint density at radius 1 is 1.06 bits per heavy atom. The number of rotatable bonds is 1. The first-order valence-electron chi connectivity index (χ1n) is 6.09. The fourth-order valence-corrected chi connectivity index (χ4v) is 2.46. The number of nitrogens with zero attached hydrogens (tertiary/aromatic N) is 4. The number of pyridine rings is 2.